The van der Waals surface area contributed by atoms with E-state index in [0.29, 0.717) is 11.3 Å². The number of ether oxygens (including phenoxy) is 5. The van der Waals surface area contributed by atoms with E-state index in [1.165, 1.54) is 17.0 Å². The number of fused-ring (bicyclic) bond motifs is 3. The molecule has 0 bridgehead atoms. The van der Waals surface area contributed by atoms with Crippen molar-refractivity contribution in [2.24, 2.45) is 0 Å². The van der Waals surface area contributed by atoms with Crippen molar-refractivity contribution in [3.05, 3.63) is 72.3 Å². The molecule has 4 rings (SSSR count). The molecule has 0 aromatic heterocycles. The summed E-state index contributed by atoms with van der Waals surface area (Å²) in [7, 11) is 0. The molecule has 0 saturated carbocycles. The summed E-state index contributed by atoms with van der Waals surface area (Å²) in [5, 5.41) is 10.1. The maximum atomic E-state index is 13.1. The number of hydrogen-bond donors (Lipinski definition) is 1. The van der Waals surface area contributed by atoms with Gasteiger partial charge >= 0.3 is 12.2 Å². The fourth-order valence-corrected chi connectivity index (χ4v) is 4.37. The molecule has 1 saturated heterocycles. The van der Waals surface area contributed by atoms with Crippen LogP contribution >= 0.6 is 0 Å². The Kier molecular flexibility index (Phi) is 7.28. The first-order chi connectivity index (χ1) is 16.8. The molecule has 2 aromatic rings. The lowest BCUT2D eigenvalue weighted by Crippen LogP contribution is -2.53. The van der Waals surface area contributed by atoms with Crippen molar-refractivity contribution < 1.29 is 38.4 Å². The fourth-order valence-electron chi connectivity index (χ4n) is 4.37. The van der Waals surface area contributed by atoms with Gasteiger partial charge in [0.1, 0.15) is 31.2 Å². The number of phenolic OH excluding ortho intramolecular Hbond substituents is 1. The minimum atomic E-state index is -0.924. The van der Waals surface area contributed by atoms with E-state index in [-0.39, 0.29) is 32.0 Å². The van der Waals surface area contributed by atoms with Gasteiger partial charge in [-0.2, -0.15) is 0 Å². The van der Waals surface area contributed by atoms with Gasteiger partial charge in [-0.25, -0.2) is 9.59 Å². The van der Waals surface area contributed by atoms with E-state index in [1.807, 2.05) is 30.3 Å². The maximum absolute atomic E-state index is 13.1. The average Bonchev–Trinajstić information content (AvgIpc) is 3.17. The van der Waals surface area contributed by atoms with E-state index >= 15 is 0 Å². The molecular weight excluding hydrogens is 454 g/mol. The Balaban J connectivity index is 1.51. The van der Waals surface area contributed by atoms with Crippen LogP contribution in [0.1, 0.15) is 37.5 Å². The van der Waals surface area contributed by atoms with Gasteiger partial charge in [0.15, 0.2) is 5.79 Å². The third kappa shape index (κ3) is 5.58. The molecule has 2 heterocycles. The molecule has 9 heteroatoms. The van der Waals surface area contributed by atoms with Crippen LogP contribution in [-0.2, 0) is 30.3 Å². The van der Waals surface area contributed by atoms with Crippen molar-refractivity contribution in [2.75, 3.05) is 18.1 Å². The fraction of sp³-hybridized carbons (Fsp3) is 0.385. The highest BCUT2D eigenvalue weighted by molar-refractivity contribution is 5.91. The number of benzene rings is 2. The molecule has 186 valence electrons. The zero-order chi connectivity index (χ0) is 25.0. The van der Waals surface area contributed by atoms with Gasteiger partial charge in [0.05, 0.1) is 18.3 Å². The molecule has 0 radical (unpaired) electrons. The molecule has 2 aliphatic heterocycles. The summed E-state index contributed by atoms with van der Waals surface area (Å²) < 4.78 is 28.1. The van der Waals surface area contributed by atoms with Crippen LogP contribution in [0.15, 0.2) is 61.2 Å². The second kappa shape index (κ2) is 10.4. The van der Waals surface area contributed by atoms with Gasteiger partial charge in [-0.05, 0) is 37.6 Å². The number of carbonyl (C=O) groups excluding carboxylic acids is 2. The first-order valence-corrected chi connectivity index (χ1v) is 11.4. The van der Waals surface area contributed by atoms with Crippen LogP contribution in [0.3, 0.4) is 0 Å². The Morgan fingerprint density at radius 1 is 1.11 bits per heavy atom. The zero-order valence-corrected chi connectivity index (χ0v) is 19.7. The molecule has 35 heavy (non-hydrogen) atoms. The van der Waals surface area contributed by atoms with E-state index in [9.17, 15) is 14.7 Å². The van der Waals surface area contributed by atoms with E-state index in [0.717, 1.165) is 5.56 Å². The van der Waals surface area contributed by atoms with Crippen molar-refractivity contribution in [3.8, 4) is 5.75 Å². The Morgan fingerprint density at radius 2 is 1.89 bits per heavy atom. The van der Waals surface area contributed by atoms with Gasteiger partial charge in [-0.15, -0.1) is 0 Å². The predicted molar refractivity (Wildman–Crippen MR) is 126 cm³/mol. The highest BCUT2D eigenvalue weighted by atomic mass is 16.8. The third-order valence-corrected chi connectivity index (χ3v) is 5.77. The summed E-state index contributed by atoms with van der Waals surface area (Å²) in [6, 6.07) is 13.4. The Labute approximate surface area is 203 Å². The van der Waals surface area contributed by atoms with E-state index in [1.54, 1.807) is 26.0 Å². The summed E-state index contributed by atoms with van der Waals surface area (Å²) in [5.41, 5.74) is 1.97. The monoisotopic (exact) mass is 483 g/mol. The van der Waals surface area contributed by atoms with Crippen molar-refractivity contribution in [1.29, 1.82) is 0 Å². The third-order valence-electron chi connectivity index (χ3n) is 5.77. The molecular formula is C26H29NO8. The number of anilines is 1. The molecule has 0 spiro atoms. The van der Waals surface area contributed by atoms with E-state index in [4.69, 9.17) is 23.7 Å². The van der Waals surface area contributed by atoms with Crippen LogP contribution in [0.4, 0.5) is 15.3 Å². The van der Waals surface area contributed by atoms with Crippen LogP contribution in [0, 0.1) is 0 Å². The maximum Gasteiger partial charge on any atom is 0.508 e. The van der Waals surface area contributed by atoms with Gasteiger partial charge in [-0.1, -0.05) is 43.0 Å². The van der Waals surface area contributed by atoms with Gasteiger partial charge in [0.2, 0.25) is 0 Å². The van der Waals surface area contributed by atoms with Crippen LogP contribution < -0.4 is 4.90 Å². The van der Waals surface area contributed by atoms with Crippen molar-refractivity contribution in [3.63, 3.8) is 0 Å². The second-order valence-electron chi connectivity index (χ2n) is 8.73. The van der Waals surface area contributed by atoms with Crippen molar-refractivity contribution in [1.82, 2.24) is 0 Å². The molecule has 9 nitrogen and oxygen atoms in total. The number of hydrogen-bond acceptors (Lipinski definition) is 8. The van der Waals surface area contributed by atoms with Crippen LogP contribution in [0.2, 0.25) is 0 Å². The number of phenols is 1. The SMILES string of the molecule is C=CCOC(=O)N1c2ccc(O)cc2[C@@H]2OC(C)(C)O[C@H]2[C@@H]1CCOC(=O)OCc1ccccc1. The normalized spacial score (nSPS) is 22.0. The molecule has 2 aromatic carbocycles. The smallest absolute Gasteiger partial charge is 0.508 e. The Hall–Kier alpha value is -3.56. The molecule has 1 N–H and O–H groups in total. The molecule has 2 aliphatic rings. The molecule has 1 amide bonds. The summed E-state index contributed by atoms with van der Waals surface area (Å²) >= 11 is 0. The highest BCUT2D eigenvalue weighted by Crippen LogP contribution is 2.49. The Bertz CT molecular complexity index is 1070. The average molecular weight is 484 g/mol. The standard InChI is InChI=1S/C26H29NO8/c1-4-13-31-24(29)27-20-11-10-18(28)15-19(20)22-23(35-26(2,3)34-22)21(27)12-14-32-25(30)33-16-17-8-6-5-7-9-17/h4-11,15,21-23,28H,1,12-14,16H2,2-3H3/t21-,22-,23-/m0/s1. The zero-order valence-electron chi connectivity index (χ0n) is 19.7. The minimum absolute atomic E-state index is 0.0225. The molecule has 0 unspecified atom stereocenters. The van der Waals surface area contributed by atoms with Crippen molar-refractivity contribution in [2.45, 2.75) is 50.9 Å². The summed E-state index contributed by atoms with van der Waals surface area (Å²) in [4.78, 5) is 26.7. The number of carbonyl (C=O) groups is 2. The number of rotatable bonds is 7. The summed E-state index contributed by atoms with van der Waals surface area (Å²) in [5.74, 6) is -0.884. The Morgan fingerprint density at radius 3 is 2.63 bits per heavy atom. The first-order valence-electron chi connectivity index (χ1n) is 11.4. The summed E-state index contributed by atoms with van der Waals surface area (Å²) in [6.07, 6.45) is -0.826. The topological polar surface area (TPSA) is 104 Å². The van der Waals surface area contributed by atoms with E-state index < -0.39 is 36.3 Å². The van der Waals surface area contributed by atoms with Gasteiger partial charge in [0.25, 0.3) is 0 Å². The summed E-state index contributed by atoms with van der Waals surface area (Å²) in [6.45, 7) is 7.24. The number of amides is 1. The highest BCUT2D eigenvalue weighted by Gasteiger charge is 2.53. The number of aromatic hydroxyl groups is 1. The quantitative estimate of drug-likeness (QED) is 0.441. The van der Waals surface area contributed by atoms with Gasteiger partial charge in [0, 0.05) is 12.0 Å². The van der Waals surface area contributed by atoms with E-state index in [2.05, 4.69) is 6.58 Å². The lowest BCUT2D eigenvalue weighted by molar-refractivity contribution is -0.148. The largest absolute Gasteiger partial charge is 0.508 e. The van der Waals surface area contributed by atoms with Gasteiger partial charge in [-0.3, -0.25) is 4.90 Å². The van der Waals surface area contributed by atoms with Crippen molar-refractivity contribution >= 4 is 17.9 Å². The lowest BCUT2D eigenvalue weighted by Gasteiger charge is -2.41. The number of nitrogens with zero attached hydrogens (tertiary/aromatic N) is 1. The predicted octanol–water partition coefficient (Wildman–Crippen LogP) is 4.84. The molecule has 3 atom stereocenters. The van der Waals surface area contributed by atoms with Crippen LogP contribution in [-0.4, -0.2) is 48.5 Å². The minimum Gasteiger partial charge on any atom is -0.508 e. The lowest BCUT2D eigenvalue weighted by atomic mass is 9.89. The molecule has 1 fully saturated rings. The second-order valence-corrected chi connectivity index (χ2v) is 8.73. The van der Waals surface area contributed by atoms with Gasteiger partial charge < -0.3 is 28.8 Å². The van der Waals surface area contributed by atoms with Crippen LogP contribution in [0.5, 0.6) is 5.75 Å². The van der Waals surface area contributed by atoms with Crippen LogP contribution in [0.25, 0.3) is 0 Å². The first kappa shape index (κ1) is 24.6. The molecule has 0 aliphatic carbocycles.